The monoisotopic (exact) mass is 390 g/mol. The minimum Gasteiger partial charge on any atom is -0.376 e. The number of rotatable bonds is 3. The van der Waals surface area contributed by atoms with Crippen LogP contribution in [0.2, 0.25) is 0 Å². The molecule has 0 unspecified atom stereocenters. The summed E-state index contributed by atoms with van der Waals surface area (Å²) in [5.74, 6) is -0.290. The molecule has 1 N–H and O–H groups in total. The van der Waals surface area contributed by atoms with Gasteiger partial charge in [-0.2, -0.15) is 5.26 Å². The third-order valence-corrected chi connectivity index (χ3v) is 6.34. The van der Waals surface area contributed by atoms with E-state index in [1.807, 2.05) is 6.07 Å². The molecule has 0 bridgehead atoms. The number of nitriles is 1. The van der Waals surface area contributed by atoms with E-state index >= 15 is 0 Å². The zero-order valence-electron chi connectivity index (χ0n) is 14.5. The van der Waals surface area contributed by atoms with E-state index in [2.05, 4.69) is 0 Å². The van der Waals surface area contributed by atoms with Crippen LogP contribution in [0.3, 0.4) is 0 Å². The third-order valence-electron chi connectivity index (χ3n) is 4.60. The maximum absolute atomic E-state index is 13.4. The molecule has 0 fully saturated rings. The number of aromatic nitrogens is 1. The molecular formula is C21H14N2O4S. The van der Waals surface area contributed by atoms with Crippen molar-refractivity contribution in [2.75, 3.05) is 0 Å². The molecule has 1 aliphatic carbocycles. The number of carbonyl (C=O) groups is 1. The van der Waals surface area contributed by atoms with Gasteiger partial charge in [0.15, 0.2) is 5.78 Å². The van der Waals surface area contributed by atoms with Crippen molar-refractivity contribution in [2.45, 2.75) is 10.5 Å². The molecule has 7 heteroatoms. The molecule has 0 radical (unpaired) electrons. The number of ketones is 1. The van der Waals surface area contributed by atoms with E-state index in [1.165, 1.54) is 48.6 Å². The molecule has 0 aliphatic heterocycles. The minimum atomic E-state index is -4.08. The first-order chi connectivity index (χ1) is 13.3. The second-order valence-electron chi connectivity index (χ2n) is 6.39. The van der Waals surface area contributed by atoms with Crippen molar-refractivity contribution >= 4 is 26.7 Å². The van der Waals surface area contributed by atoms with Gasteiger partial charge in [-0.15, -0.1) is 0 Å². The Morgan fingerprint density at radius 3 is 2.29 bits per heavy atom. The Bertz CT molecular complexity index is 1290. The van der Waals surface area contributed by atoms with Crippen molar-refractivity contribution in [2.24, 2.45) is 0 Å². The van der Waals surface area contributed by atoms with E-state index in [4.69, 9.17) is 5.26 Å². The van der Waals surface area contributed by atoms with Gasteiger partial charge in [0, 0.05) is 5.39 Å². The van der Waals surface area contributed by atoms with Crippen LogP contribution in [-0.4, -0.2) is 23.3 Å². The van der Waals surface area contributed by atoms with Crippen LogP contribution in [0.4, 0.5) is 0 Å². The van der Waals surface area contributed by atoms with Gasteiger partial charge in [-0.25, -0.2) is 12.4 Å². The smallest absolute Gasteiger partial charge is 0.268 e. The highest BCUT2D eigenvalue weighted by molar-refractivity contribution is 7.90. The van der Waals surface area contributed by atoms with E-state index in [9.17, 15) is 18.3 Å². The van der Waals surface area contributed by atoms with Crippen molar-refractivity contribution in [3.63, 3.8) is 0 Å². The number of aliphatic hydroxyl groups is 1. The molecule has 0 saturated heterocycles. The van der Waals surface area contributed by atoms with Crippen LogP contribution in [0.5, 0.6) is 0 Å². The maximum atomic E-state index is 13.4. The average Bonchev–Trinajstić information content (AvgIpc) is 3.12. The molecule has 4 rings (SSSR count). The van der Waals surface area contributed by atoms with Crippen LogP contribution in [0.15, 0.2) is 83.8 Å². The van der Waals surface area contributed by atoms with Crippen LogP contribution in [-0.2, 0) is 20.4 Å². The molecule has 2 aromatic carbocycles. The van der Waals surface area contributed by atoms with Gasteiger partial charge in [0.05, 0.1) is 27.7 Å². The van der Waals surface area contributed by atoms with Crippen LogP contribution in [0, 0.1) is 11.3 Å². The van der Waals surface area contributed by atoms with Crippen molar-refractivity contribution < 1.29 is 18.3 Å². The van der Waals surface area contributed by atoms with Crippen LogP contribution < -0.4 is 0 Å². The molecule has 1 aromatic heterocycles. The molecule has 6 nitrogen and oxygen atoms in total. The summed E-state index contributed by atoms with van der Waals surface area (Å²) in [6.07, 6.45) is 4.95. The summed E-state index contributed by atoms with van der Waals surface area (Å²) in [6.45, 7) is 0. The number of fused-ring (bicyclic) bond motifs is 1. The van der Waals surface area contributed by atoms with Gasteiger partial charge < -0.3 is 5.11 Å². The number of hydrogen-bond donors (Lipinski definition) is 1. The fourth-order valence-electron chi connectivity index (χ4n) is 3.17. The van der Waals surface area contributed by atoms with Crippen molar-refractivity contribution in [3.8, 4) is 6.07 Å². The average molecular weight is 390 g/mol. The first kappa shape index (κ1) is 17.9. The standard InChI is InChI=1S/C21H14N2O4S/c22-14-15-5-7-18(8-6-15)28(26,27)23-19-4-2-1-3-16(19)13-20(23)21(25)11-9-17(24)10-12-21/h1-13,25H. The van der Waals surface area contributed by atoms with Crippen molar-refractivity contribution in [3.05, 3.63) is 90.2 Å². The summed E-state index contributed by atoms with van der Waals surface area (Å²) >= 11 is 0. The first-order valence-corrected chi connectivity index (χ1v) is 9.81. The molecule has 0 amide bonds. The Kier molecular flexibility index (Phi) is 4.03. The minimum absolute atomic E-state index is 0.0162. The van der Waals surface area contributed by atoms with Gasteiger partial charge in [-0.1, -0.05) is 18.2 Å². The highest BCUT2D eigenvalue weighted by Gasteiger charge is 2.34. The number of allylic oxidation sites excluding steroid dienone is 2. The normalized spacial score (nSPS) is 15.6. The molecular weight excluding hydrogens is 376 g/mol. The lowest BCUT2D eigenvalue weighted by Gasteiger charge is -2.24. The van der Waals surface area contributed by atoms with Crippen molar-refractivity contribution in [1.82, 2.24) is 3.97 Å². The van der Waals surface area contributed by atoms with Gasteiger partial charge >= 0.3 is 0 Å². The molecule has 1 aliphatic rings. The van der Waals surface area contributed by atoms with Crippen LogP contribution in [0.1, 0.15) is 11.3 Å². The van der Waals surface area contributed by atoms with Gasteiger partial charge in [0.2, 0.25) is 0 Å². The number of benzene rings is 2. The first-order valence-electron chi connectivity index (χ1n) is 8.37. The highest BCUT2D eigenvalue weighted by Crippen LogP contribution is 2.35. The predicted octanol–water partition coefficient (Wildman–Crippen LogP) is 2.63. The third kappa shape index (κ3) is 2.76. The summed E-state index contributed by atoms with van der Waals surface area (Å²) in [7, 11) is -4.08. The molecule has 0 spiro atoms. The lowest BCUT2D eigenvalue weighted by Crippen LogP contribution is -2.29. The number of para-hydroxylation sites is 1. The summed E-state index contributed by atoms with van der Waals surface area (Å²) in [5.41, 5.74) is -0.925. The number of nitrogens with zero attached hydrogens (tertiary/aromatic N) is 2. The molecule has 138 valence electrons. The number of hydrogen-bond acceptors (Lipinski definition) is 5. The van der Waals surface area contributed by atoms with E-state index in [0.29, 0.717) is 16.5 Å². The summed E-state index contributed by atoms with van der Waals surface area (Å²) in [4.78, 5) is 11.5. The Balaban J connectivity index is 2.00. The zero-order chi connectivity index (χ0) is 19.9. The Morgan fingerprint density at radius 1 is 1.00 bits per heavy atom. The number of carbonyl (C=O) groups excluding carboxylic acids is 1. The summed E-state index contributed by atoms with van der Waals surface area (Å²) in [6, 6.07) is 16.0. The molecule has 0 saturated carbocycles. The van der Waals surface area contributed by atoms with Gasteiger partial charge in [-0.3, -0.25) is 4.79 Å². The predicted molar refractivity (Wildman–Crippen MR) is 103 cm³/mol. The zero-order valence-corrected chi connectivity index (χ0v) is 15.3. The second kappa shape index (κ2) is 6.30. The quantitative estimate of drug-likeness (QED) is 0.741. The summed E-state index contributed by atoms with van der Waals surface area (Å²) in [5, 5.41) is 20.7. The van der Waals surface area contributed by atoms with Gasteiger partial charge in [-0.05, 0) is 60.7 Å². The second-order valence-corrected chi connectivity index (χ2v) is 8.18. The topological polar surface area (TPSA) is 100 Å². The largest absolute Gasteiger partial charge is 0.376 e. The van der Waals surface area contributed by atoms with E-state index < -0.39 is 15.6 Å². The van der Waals surface area contributed by atoms with Crippen LogP contribution in [0.25, 0.3) is 10.9 Å². The molecule has 1 heterocycles. The van der Waals surface area contributed by atoms with Crippen molar-refractivity contribution in [1.29, 1.82) is 5.26 Å². The van der Waals surface area contributed by atoms with E-state index in [-0.39, 0.29) is 16.4 Å². The summed E-state index contributed by atoms with van der Waals surface area (Å²) < 4.78 is 27.9. The Hall–Kier alpha value is -3.47. The highest BCUT2D eigenvalue weighted by atomic mass is 32.2. The van der Waals surface area contributed by atoms with E-state index in [0.717, 1.165) is 3.97 Å². The molecule has 0 atom stereocenters. The Labute approximate surface area is 161 Å². The van der Waals surface area contributed by atoms with Gasteiger partial charge in [0.1, 0.15) is 5.60 Å². The lowest BCUT2D eigenvalue weighted by molar-refractivity contribution is -0.110. The molecule has 28 heavy (non-hydrogen) atoms. The lowest BCUT2D eigenvalue weighted by atomic mass is 9.94. The maximum Gasteiger partial charge on any atom is 0.268 e. The van der Waals surface area contributed by atoms with E-state index in [1.54, 1.807) is 30.3 Å². The Morgan fingerprint density at radius 2 is 1.64 bits per heavy atom. The van der Waals surface area contributed by atoms with Crippen LogP contribution >= 0.6 is 0 Å². The SMILES string of the molecule is N#Cc1ccc(S(=O)(=O)n2c(C3(O)C=CC(=O)C=C3)cc3ccccc32)cc1. The fraction of sp³-hybridized carbons (Fsp3) is 0.0476. The van der Waals surface area contributed by atoms with Gasteiger partial charge in [0.25, 0.3) is 10.0 Å². The fourth-order valence-corrected chi connectivity index (χ4v) is 4.75. The molecule has 3 aromatic rings.